The lowest BCUT2D eigenvalue weighted by atomic mass is 10.1. The van der Waals surface area contributed by atoms with E-state index in [9.17, 15) is 14.0 Å². The molecule has 1 amide bonds. The fourth-order valence-electron chi connectivity index (χ4n) is 2.56. The maximum atomic E-state index is 13.8. The van der Waals surface area contributed by atoms with Crippen molar-refractivity contribution in [1.82, 2.24) is 4.90 Å². The molecule has 0 spiro atoms. The minimum atomic E-state index is -1.21. The van der Waals surface area contributed by atoms with Gasteiger partial charge in [0.25, 0.3) is 5.91 Å². The molecule has 19 heavy (non-hydrogen) atoms. The number of halogens is 1. The van der Waals surface area contributed by atoms with E-state index in [1.165, 1.54) is 12.1 Å². The summed E-state index contributed by atoms with van der Waals surface area (Å²) >= 11 is 0. The molecule has 2 atom stereocenters. The molecule has 102 valence electrons. The Bertz CT molecular complexity index is 529. The Hall–Kier alpha value is -1.91. The number of rotatable bonds is 2. The number of benzene rings is 1. The van der Waals surface area contributed by atoms with Crippen molar-refractivity contribution in [2.45, 2.75) is 26.3 Å². The van der Waals surface area contributed by atoms with Gasteiger partial charge in [-0.25, -0.2) is 9.18 Å². The molecule has 1 aromatic rings. The summed E-state index contributed by atoms with van der Waals surface area (Å²) in [6.07, 6.45) is 0.903. The molecule has 1 aliphatic heterocycles. The number of likely N-dealkylation sites (tertiary alicyclic amines) is 1. The van der Waals surface area contributed by atoms with Crippen molar-refractivity contribution in [3.8, 4) is 0 Å². The quantitative estimate of drug-likeness (QED) is 0.893. The van der Waals surface area contributed by atoms with Crippen LogP contribution in [0.25, 0.3) is 0 Å². The van der Waals surface area contributed by atoms with E-state index in [1.54, 1.807) is 4.90 Å². The molecular weight excluding hydrogens is 249 g/mol. The SMILES string of the molecule is CC1CC(C)N(C(=O)c2ccc(C(=O)O)cc2F)C1. The van der Waals surface area contributed by atoms with E-state index in [1.807, 2.05) is 13.8 Å². The second-order valence-corrected chi connectivity index (χ2v) is 5.15. The fraction of sp³-hybridized carbons (Fsp3) is 0.429. The van der Waals surface area contributed by atoms with Crippen LogP contribution in [0.3, 0.4) is 0 Å². The monoisotopic (exact) mass is 265 g/mol. The predicted octanol–water partition coefficient (Wildman–Crippen LogP) is 2.39. The molecule has 1 saturated heterocycles. The molecule has 1 heterocycles. The molecule has 0 radical (unpaired) electrons. The number of hydrogen-bond donors (Lipinski definition) is 1. The number of nitrogens with zero attached hydrogens (tertiary/aromatic N) is 1. The van der Waals surface area contributed by atoms with Crippen LogP contribution in [0.4, 0.5) is 4.39 Å². The lowest BCUT2D eigenvalue weighted by Crippen LogP contribution is -2.34. The number of carbonyl (C=O) groups is 2. The standard InChI is InChI=1S/C14H16FNO3/c1-8-5-9(2)16(7-8)13(17)11-4-3-10(14(18)19)6-12(11)15/h3-4,6,8-9H,5,7H2,1-2H3,(H,18,19). The average molecular weight is 265 g/mol. The summed E-state index contributed by atoms with van der Waals surface area (Å²) < 4.78 is 13.8. The molecule has 2 unspecified atom stereocenters. The van der Waals surface area contributed by atoms with Crippen molar-refractivity contribution in [2.75, 3.05) is 6.54 Å². The summed E-state index contributed by atoms with van der Waals surface area (Å²) in [6, 6.07) is 3.47. The van der Waals surface area contributed by atoms with Crippen molar-refractivity contribution < 1.29 is 19.1 Å². The predicted molar refractivity (Wildman–Crippen MR) is 67.6 cm³/mol. The third kappa shape index (κ3) is 2.59. The summed E-state index contributed by atoms with van der Waals surface area (Å²) in [5.41, 5.74) is -0.220. The molecule has 1 N–H and O–H groups in total. The Morgan fingerprint density at radius 3 is 2.53 bits per heavy atom. The Kier molecular flexibility index (Phi) is 3.55. The molecule has 0 aliphatic carbocycles. The lowest BCUT2D eigenvalue weighted by Gasteiger charge is -2.21. The Morgan fingerprint density at radius 1 is 1.37 bits per heavy atom. The van der Waals surface area contributed by atoms with Gasteiger partial charge in [-0.1, -0.05) is 6.92 Å². The highest BCUT2D eigenvalue weighted by molar-refractivity contribution is 5.96. The topological polar surface area (TPSA) is 57.6 Å². The van der Waals surface area contributed by atoms with Crippen LogP contribution in [-0.2, 0) is 0 Å². The third-order valence-electron chi connectivity index (χ3n) is 3.49. The molecule has 0 saturated carbocycles. The first-order chi connectivity index (χ1) is 8.90. The Balaban J connectivity index is 2.27. The van der Waals surface area contributed by atoms with Gasteiger partial charge in [-0.3, -0.25) is 4.79 Å². The molecule has 1 fully saturated rings. The maximum Gasteiger partial charge on any atom is 0.335 e. The van der Waals surface area contributed by atoms with Gasteiger partial charge in [-0.05, 0) is 37.5 Å². The summed E-state index contributed by atoms with van der Waals surface area (Å²) in [6.45, 7) is 4.60. The van der Waals surface area contributed by atoms with E-state index in [0.29, 0.717) is 12.5 Å². The number of aromatic carboxylic acids is 1. The van der Waals surface area contributed by atoms with Crippen molar-refractivity contribution in [1.29, 1.82) is 0 Å². The van der Waals surface area contributed by atoms with Gasteiger partial charge in [-0.15, -0.1) is 0 Å². The second-order valence-electron chi connectivity index (χ2n) is 5.15. The van der Waals surface area contributed by atoms with Gasteiger partial charge in [-0.2, -0.15) is 0 Å². The second kappa shape index (κ2) is 4.99. The number of hydrogen-bond acceptors (Lipinski definition) is 2. The molecule has 2 rings (SSSR count). The highest BCUT2D eigenvalue weighted by Crippen LogP contribution is 2.25. The molecular formula is C14H16FNO3. The first-order valence-corrected chi connectivity index (χ1v) is 6.24. The van der Waals surface area contributed by atoms with Gasteiger partial charge < -0.3 is 10.0 Å². The zero-order chi connectivity index (χ0) is 14.2. The molecule has 0 aromatic heterocycles. The van der Waals surface area contributed by atoms with Crippen LogP contribution < -0.4 is 0 Å². The van der Waals surface area contributed by atoms with Crippen molar-refractivity contribution in [2.24, 2.45) is 5.92 Å². The average Bonchev–Trinajstić information content (AvgIpc) is 2.67. The Morgan fingerprint density at radius 2 is 2.05 bits per heavy atom. The number of carbonyl (C=O) groups excluding carboxylic acids is 1. The number of amides is 1. The molecule has 1 aromatic carbocycles. The van der Waals surface area contributed by atoms with Crippen molar-refractivity contribution >= 4 is 11.9 Å². The maximum absolute atomic E-state index is 13.8. The van der Waals surface area contributed by atoms with Gasteiger partial charge in [0.05, 0.1) is 11.1 Å². The lowest BCUT2D eigenvalue weighted by molar-refractivity contribution is 0.0691. The third-order valence-corrected chi connectivity index (χ3v) is 3.49. The summed E-state index contributed by atoms with van der Waals surface area (Å²) in [5, 5.41) is 8.77. The Labute approximate surface area is 110 Å². The fourth-order valence-corrected chi connectivity index (χ4v) is 2.56. The van der Waals surface area contributed by atoms with Gasteiger partial charge in [0, 0.05) is 12.6 Å². The van der Waals surface area contributed by atoms with Crippen LogP contribution in [0.15, 0.2) is 18.2 Å². The van der Waals surface area contributed by atoms with Crippen LogP contribution >= 0.6 is 0 Å². The van der Waals surface area contributed by atoms with Gasteiger partial charge >= 0.3 is 5.97 Å². The highest BCUT2D eigenvalue weighted by atomic mass is 19.1. The van der Waals surface area contributed by atoms with E-state index in [2.05, 4.69) is 0 Å². The summed E-state index contributed by atoms with van der Waals surface area (Å²) in [5.74, 6) is -1.95. The zero-order valence-electron chi connectivity index (χ0n) is 10.9. The van der Waals surface area contributed by atoms with Crippen molar-refractivity contribution in [3.05, 3.63) is 35.1 Å². The minimum absolute atomic E-state index is 0.0639. The number of carboxylic acid groups (broad SMARTS) is 1. The molecule has 0 bridgehead atoms. The zero-order valence-corrected chi connectivity index (χ0v) is 10.9. The van der Waals surface area contributed by atoms with Gasteiger partial charge in [0.1, 0.15) is 5.82 Å². The van der Waals surface area contributed by atoms with Gasteiger partial charge in [0.15, 0.2) is 0 Å². The molecule has 5 heteroatoms. The molecule has 4 nitrogen and oxygen atoms in total. The van der Waals surface area contributed by atoms with Gasteiger partial charge in [0.2, 0.25) is 0 Å². The van der Waals surface area contributed by atoms with E-state index < -0.39 is 11.8 Å². The van der Waals surface area contributed by atoms with E-state index in [-0.39, 0.29) is 23.1 Å². The largest absolute Gasteiger partial charge is 0.478 e. The van der Waals surface area contributed by atoms with E-state index in [4.69, 9.17) is 5.11 Å². The summed E-state index contributed by atoms with van der Waals surface area (Å²) in [7, 11) is 0. The minimum Gasteiger partial charge on any atom is -0.478 e. The number of carboxylic acids is 1. The molecule has 1 aliphatic rings. The van der Waals surface area contributed by atoms with Crippen LogP contribution in [0, 0.1) is 11.7 Å². The van der Waals surface area contributed by atoms with Crippen LogP contribution in [0.2, 0.25) is 0 Å². The van der Waals surface area contributed by atoms with E-state index in [0.717, 1.165) is 12.5 Å². The van der Waals surface area contributed by atoms with Crippen LogP contribution in [-0.4, -0.2) is 34.5 Å². The van der Waals surface area contributed by atoms with Crippen molar-refractivity contribution in [3.63, 3.8) is 0 Å². The first-order valence-electron chi connectivity index (χ1n) is 6.24. The first kappa shape index (κ1) is 13.5. The van der Waals surface area contributed by atoms with E-state index >= 15 is 0 Å². The van der Waals surface area contributed by atoms with Crippen LogP contribution in [0.1, 0.15) is 41.0 Å². The van der Waals surface area contributed by atoms with Crippen LogP contribution in [0.5, 0.6) is 0 Å². The normalized spacial score (nSPS) is 22.6. The summed E-state index contributed by atoms with van der Waals surface area (Å²) in [4.78, 5) is 24.6. The smallest absolute Gasteiger partial charge is 0.335 e. The highest BCUT2D eigenvalue weighted by Gasteiger charge is 2.31.